The number of benzene rings is 1. The summed E-state index contributed by atoms with van der Waals surface area (Å²) in [4.78, 5) is 44.4. The van der Waals surface area contributed by atoms with Gasteiger partial charge in [0.15, 0.2) is 5.69 Å². The Kier molecular flexibility index (Phi) is 8.96. The van der Waals surface area contributed by atoms with Crippen molar-refractivity contribution in [1.29, 1.82) is 0 Å². The molecule has 1 saturated carbocycles. The summed E-state index contributed by atoms with van der Waals surface area (Å²) in [6.45, 7) is 2.05. The van der Waals surface area contributed by atoms with E-state index < -0.39 is 35.4 Å². The van der Waals surface area contributed by atoms with Gasteiger partial charge in [-0.2, -0.15) is 13.2 Å². The number of aromatic nitrogens is 2. The Balaban J connectivity index is 1.54. The molecule has 1 fully saturated rings. The van der Waals surface area contributed by atoms with Crippen LogP contribution < -0.4 is 16.0 Å². The van der Waals surface area contributed by atoms with Crippen LogP contribution in [0.5, 0.6) is 0 Å². The predicted molar refractivity (Wildman–Crippen MR) is 126 cm³/mol. The van der Waals surface area contributed by atoms with Crippen molar-refractivity contribution < 1.29 is 32.3 Å². The Morgan fingerprint density at radius 3 is 2.53 bits per heavy atom. The van der Waals surface area contributed by atoms with Crippen LogP contribution in [0.25, 0.3) is 0 Å². The quantitative estimate of drug-likeness (QED) is 0.414. The molecule has 1 heterocycles. The lowest BCUT2D eigenvalue weighted by Gasteiger charge is -2.28. The van der Waals surface area contributed by atoms with Crippen molar-refractivity contribution in [3.05, 3.63) is 46.5 Å². The standard InChI is InChI=1S/C23H27ClF3N5O4/c1-12(10-36-2)30-21(34)18-19(29-11-28-18)22(35)31-15-6-3-13(4-7-15)20(33)32-17-9-14(23(25,26)27)5-8-16(17)24/h5,8-9,11-13,15H,3-4,6-7,10H2,1-2H3,(H,28,29)(H,30,34)(H,31,35)(H,32,33). The van der Waals surface area contributed by atoms with E-state index in [4.69, 9.17) is 16.3 Å². The third-order valence-electron chi connectivity index (χ3n) is 5.86. The summed E-state index contributed by atoms with van der Waals surface area (Å²) in [6.07, 6.45) is -1.53. The van der Waals surface area contributed by atoms with Crippen molar-refractivity contribution in [2.75, 3.05) is 19.0 Å². The molecule has 0 bridgehead atoms. The molecule has 2 aromatic rings. The number of rotatable bonds is 8. The maximum absolute atomic E-state index is 13.0. The lowest BCUT2D eigenvalue weighted by atomic mass is 9.85. The molecule has 36 heavy (non-hydrogen) atoms. The van der Waals surface area contributed by atoms with Gasteiger partial charge in [-0.05, 0) is 50.8 Å². The molecule has 3 rings (SSSR count). The Labute approximate surface area is 210 Å². The van der Waals surface area contributed by atoms with Crippen molar-refractivity contribution in [3.8, 4) is 0 Å². The van der Waals surface area contributed by atoms with Gasteiger partial charge in [0.05, 0.1) is 29.2 Å². The van der Waals surface area contributed by atoms with Crippen molar-refractivity contribution in [2.45, 2.75) is 50.9 Å². The first-order valence-corrected chi connectivity index (χ1v) is 11.7. The maximum Gasteiger partial charge on any atom is 0.416 e. The third kappa shape index (κ3) is 6.97. The SMILES string of the molecule is COCC(C)NC(=O)c1nc[nH]c1C(=O)NC1CCC(C(=O)Nc2cc(C(F)(F)F)ccc2Cl)CC1. The van der Waals surface area contributed by atoms with Crippen LogP contribution >= 0.6 is 11.6 Å². The third-order valence-corrected chi connectivity index (χ3v) is 6.19. The molecule has 0 aliphatic heterocycles. The van der Waals surface area contributed by atoms with Gasteiger partial charge in [-0.3, -0.25) is 14.4 Å². The van der Waals surface area contributed by atoms with Gasteiger partial charge in [0.2, 0.25) is 5.91 Å². The topological polar surface area (TPSA) is 125 Å². The number of aromatic amines is 1. The summed E-state index contributed by atoms with van der Waals surface area (Å²) in [5.41, 5.74) is -1.02. The number of halogens is 4. The fourth-order valence-corrected chi connectivity index (χ4v) is 4.18. The van der Waals surface area contributed by atoms with E-state index in [0.29, 0.717) is 32.3 Å². The summed E-state index contributed by atoms with van der Waals surface area (Å²) in [5, 5.41) is 8.04. The van der Waals surface area contributed by atoms with Crippen LogP contribution in [0.2, 0.25) is 5.02 Å². The number of carbonyl (C=O) groups excluding carboxylic acids is 3. The first-order valence-electron chi connectivity index (χ1n) is 11.3. The zero-order valence-corrected chi connectivity index (χ0v) is 20.4. The zero-order valence-electron chi connectivity index (χ0n) is 19.7. The number of carbonyl (C=O) groups is 3. The van der Waals surface area contributed by atoms with E-state index in [0.717, 1.165) is 18.2 Å². The van der Waals surface area contributed by atoms with Crippen molar-refractivity contribution >= 4 is 35.0 Å². The molecule has 1 aromatic carbocycles. The minimum absolute atomic E-state index is 0.00770. The van der Waals surface area contributed by atoms with Gasteiger partial charge in [-0.1, -0.05) is 11.6 Å². The molecule has 1 aliphatic carbocycles. The molecule has 1 unspecified atom stereocenters. The average molecular weight is 530 g/mol. The summed E-state index contributed by atoms with van der Waals surface area (Å²) in [5.74, 6) is -1.89. The Bertz CT molecular complexity index is 1100. The summed E-state index contributed by atoms with van der Waals surface area (Å²) in [6, 6.07) is 2.23. The minimum Gasteiger partial charge on any atom is -0.383 e. The highest BCUT2D eigenvalue weighted by Crippen LogP contribution is 2.34. The number of H-pyrrole nitrogens is 1. The molecule has 0 radical (unpaired) electrons. The van der Waals surface area contributed by atoms with Gasteiger partial charge in [0.1, 0.15) is 5.69 Å². The van der Waals surface area contributed by atoms with E-state index in [1.807, 2.05) is 0 Å². The zero-order chi connectivity index (χ0) is 26.5. The molecule has 1 atom stereocenters. The second-order valence-corrected chi connectivity index (χ2v) is 9.07. The number of anilines is 1. The monoisotopic (exact) mass is 529 g/mol. The first kappa shape index (κ1) is 27.5. The fraction of sp³-hybridized carbons (Fsp3) is 0.478. The van der Waals surface area contributed by atoms with E-state index in [1.54, 1.807) is 6.92 Å². The normalized spacial score (nSPS) is 18.8. The predicted octanol–water partition coefficient (Wildman–Crippen LogP) is 3.77. The van der Waals surface area contributed by atoms with E-state index in [9.17, 15) is 27.6 Å². The molecular formula is C23H27ClF3N5O4. The number of hydrogen-bond donors (Lipinski definition) is 4. The fourth-order valence-electron chi connectivity index (χ4n) is 4.01. The van der Waals surface area contributed by atoms with Crippen LogP contribution in [0, 0.1) is 5.92 Å². The van der Waals surface area contributed by atoms with Crippen LogP contribution in [-0.4, -0.2) is 53.5 Å². The molecule has 9 nitrogen and oxygen atoms in total. The highest BCUT2D eigenvalue weighted by molar-refractivity contribution is 6.33. The Morgan fingerprint density at radius 1 is 1.19 bits per heavy atom. The number of methoxy groups -OCH3 is 1. The largest absolute Gasteiger partial charge is 0.416 e. The van der Waals surface area contributed by atoms with Gasteiger partial charge in [0.25, 0.3) is 11.8 Å². The van der Waals surface area contributed by atoms with Crippen molar-refractivity contribution in [2.24, 2.45) is 5.92 Å². The molecule has 0 saturated heterocycles. The first-order chi connectivity index (χ1) is 17.0. The molecular weight excluding hydrogens is 503 g/mol. The lowest BCUT2D eigenvalue weighted by Crippen LogP contribution is -2.41. The van der Waals surface area contributed by atoms with E-state index in [1.165, 1.54) is 13.4 Å². The van der Waals surface area contributed by atoms with Crippen molar-refractivity contribution in [1.82, 2.24) is 20.6 Å². The maximum atomic E-state index is 13.0. The highest BCUT2D eigenvalue weighted by atomic mass is 35.5. The Morgan fingerprint density at radius 2 is 1.89 bits per heavy atom. The van der Waals surface area contributed by atoms with Gasteiger partial charge >= 0.3 is 6.18 Å². The van der Waals surface area contributed by atoms with Crippen LogP contribution in [0.4, 0.5) is 18.9 Å². The summed E-state index contributed by atoms with van der Waals surface area (Å²) >= 11 is 5.96. The summed E-state index contributed by atoms with van der Waals surface area (Å²) < 4.78 is 43.9. The summed E-state index contributed by atoms with van der Waals surface area (Å²) in [7, 11) is 1.51. The van der Waals surface area contributed by atoms with Gasteiger partial charge in [-0.15, -0.1) is 0 Å². The molecule has 196 valence electrons. The Hall–Kier alpha value is -3.12. The number of nitrogens with one attached hydrogen (secondary N) is 4. The lowest BCUT2D eigenvalue weighted by molar-refractivity contribution is -0.137. The number of alkyl halides is 3. The second-order valence-electron chi connectivity index (χ2n) is 8.66. The average Bonchev–Trinajstić information content (AvgIpc) is 3.31. The number of ether oxygens (including phenoxy) is 1. The van der Waals surface area contributed by atoms with Crippen LogP contribution in [-0.2, 0) is 15.7 Å². The second kappa shape index (κ2) is 11.7. The van der Waals surface area contributed by atoms with Crippen LogP contribution in [0.1, 0.15) is 59.1 Å². The molecule has 1 aliphatic rings. The number of nitrogens with zero attached hydrogens (tertiary/aromatic N) is 1. The van der Waals surface area contributed by atoms with Crippen molar-refractivity contribution in [3.63, 3.8) is 0 Å². The number of hydrogen-bond acceptors (Lipinski definition) is 5. The van der Waals surface area contributed by atoms with E-state index in [2.05, 4.69) is 25.9 Å². The number of amides is 3. The van der Waals surface area contributed by atoms with Crippen LogP contribution in [0.3, 0.4) is 0 Å². The van der Waals surface area contributed by atoms with E-state index >= 15 is 0 Å². The van der Waals surface area contributed by atoms with Gasteiger partial charge in [-0.25, -0.2) is 4.98 Å². The van der Waals surface area contributed by atoms with E-state index in [-0.39, 0.29) is 34.2 Å². The number of imidazole rings is 1. The smallest absolute Gasteiger partial charge is 0.383 e. The van der Waals surface area contributed by atoms with Gasteiger partial charge in [0, 0.05) is 25.1 Å². The van der Waals surface area contributed by atoms with Gasteiger partial charge < -0.3 is 25.7 Å². The molecule has 13 heteroatoms. The minimum atomic E-state index is -4.56. The van der Waals surface area contributed by atoms with Crippen LogP contribution in [0.15, 0.2) is 24.5 Å². The molecule has 1 aromatic heterocycles. The molecule has 4 N–H and O–H groups in total. The molecule has 0 spiro atoms. The molecule has 3 amide bonds. The highest BCUT2D eigenvalue weighted by Gasteiger charge is 2.32.